The summed E-state index contributed by atoms with van der Waals surface area (Å²) in [5, 5.41) is 3.40. The predicted molar refractivity (Wildman–Crippen MR) is 66.3 cm³/mol. The van der Waals surface area contributed by atoms with Gasteiger partial charge in [-0.25, -0.2) is 0 Å². The van der Waals surface area contributed by atoms with E-state index < -0.39 is 0 Å². The van der Waals surface area contributed by atoms with Gasteiger partial charge in [0.1, 0.15) is 0 Å². The van der Waals surface area contributed by atoms with E-state index in [2.05, 4.69) is 45.0 Å². The third-order valence-corrected chi connectivity index (χ3v) is 3.29. The molecule has 3 nitrogen and oxygen atoms in total. The van der Waals surface area contributed by atoms with Crippen LogP contribution in [0.5, 0.6) is 0 Å². The molecule has 0 aliphatic heterocycles. The van der Waals surface area contributed by atoms with Crippen molar-refractivity contribution < 1.29 is 4.74 Å². The maximum atomic E-state index is 5.18. The standard InChI is InChI=1S/C12H28N2O/c1-7-13-8-10(2)12(4)14(5)11(3)9-15-6/h10-13H,7-9H2,1-6H3. The molecule has 3 heteroatoms. The van der Waals surface area contributed by atoms with Crippen molar-refractivity contribution in [3.63, 3.8) is 0 Å². The summed E-state index contributed by atoms with van der Waals surface area (Å²) < 4.78 is 5.18. The molecule has 0 aromatic carbocycles. The summed E-state index contributed by atoms with van der Waals surface area (Å²) in [6.07, 6.45) is 0. The monoisotopic (exact) mass is 216 g/mol. The topological polar surface area (TPSA) is 24.5 Å². The predicted octanol–water partition coefficient (Wildman–Crippen LogP) is 1.59. The van der Waals surface area contributed by atoms with Crippen molar-refractivity contribution >= 4 is 0 Å². The van der Waals surface area contributed by atoms with Crippen LogP contribution in [-0.2, 0) is 4.74 Å². The number of rotatable bonds is 8. The van der Waals surface area contributed by atoms with Crippen molar-refractivity contribution in [3.05, 3.63) is 0 Å². The molecule has 0 aromatic heterocycles. The van der Waals surface area contributed by atoms with Gasteiger partial charge >= 0.3 is 0 Å². The number of hydrogen-bond donors (Lipinski definition) is 1. The van der Waals surface area contributed by atoms with Gasteiger partial charge in [-0.05, 0) is 39.9 Å². The van der Waals surface area contributed by atoms with E-state index in [1.54, 1.807) is 7.11 Å². The molecule has 92 valence electrons. The minimum atomic E-state index is 0.481. The van der Waals surface area contributed by atoms with Gasteiger partial charge in [-0.1, -0.05) is 13.8 Å². The van der Waals surface area contributed by atoms with E-state index in [0.29, 0.717) is 18.0 Å². The molecule has 0 rings (SSSR count). The smallest absolute Gasteiger partial charge is 0.0615 e. The third-order valence-electron chi connectivity index (χ3n) is 3.29. The highest BCUT2D eigenvalue weighted by Gasteiger charge is 2.20. The second-order valence-electron chi connectivity index (χ2n) is 4.50. The molecule has 0 saturated carbocycles. The second kappa shape index (κ2) is 8.08. The van der Waals surface area contributed by atoms with Gasteiger partial charge in [0.05, 0.1) is 6.61 Å². The maximum Gasteiger partial charge on any atom is 0.0615 e. The molecule has 0 fully saturated rings. The van der Waals surface area contributed by atoms with Crippen molar-refractivity contribution in [2.24, 2.45) is 5.92 Å². The first-order valence-electron chi connectivity index (χ1n) is 5.96. The number of nitrogens with zero attached hydrogens (tertiary/aromatic N) is 1. The molecule has 3 atom stereocenters. The highest BCUT2D eigenvalue weighted by molar-refractivity contribution is 4.75. The molecular formula is C12H28N2O. The molecule has 0 aliphatic carbocycles. The number of nitrogens with one attached hydrogen (secondary N) is 1. The lowest BCUT2D eigenvalue weighted by molar-refractivity contribution is 0.0770. The summed E-state index contributed by atoms with van der Waals surface area (Å²) in [7, 11) is 3.94. The zero-order valence-corrected chi connectivity index (χ0v) is 11.2. The zero-order valence-electron chi connectivity index (χ0n) is 11.2. The molecule has 0 amide bonds. The number of ether oxygens (including phenoxy) is 1. The summed E-state index contributed by atoms with van der Waals surface area (Å²) >= 11 is 0. The Morgan fingerprint density at radius 2 is 1.87 bits per heavy atom. The van der Waals surface area contributed by atoms with Crippen molar-refractivity contribution in [2.45, 2.75) is 39.8 Å². The third kappa shape index (κ3) is 5.50. The van der Waals surface area contributed by atoms with E-state index in [4.69, 9.17) is 4.74 Å². The molecule has 0 radical (unpaired) electrons. The highest BCUT2D eigenvalue weighted by Crippen LogP contribution is 2.11. The Bertz CT molecular complexity index is 153. The lowest BCUT2D eigenvalue weighted by Gasteiger charge is -2.34. The first-order chi connectivity index (χ1) is 7.04. The fraction of sp³-hybridized carbons (Fsp3) is 1.00. The quantitative estimate of drug-likeness (QED) is 0.667. The summed E-state index contributed by atoms with van der Waals surface area (Å²) in [5.41, 5.74) is 0. The minimum Gasteiger partial charge on any atom is -0.383 e. The van der Waals surface area contributed by atoms with Crippen molar-refractivity contribution in [3.8, 4) is 0 Å². The van der Waals surface area contributed by atoms with Gasteiger partial charge in [0.15, 0.2) is 0 Å². The van der Waals surface area contributed by atoms with Crippen molar-refractivity contribution in [1.29, 1.82) is 0 Å². The highest BCUT2D eigenvalue weighted by atomic mass is 16.5. The first-order valence-corrected chi connectivity index (χ1v) is 5.96. The van der Waals surface area contributed by atoms with E-state index >= 15 is 0 Å². The average molecular weight is 216 g/mol. The van der Waals surface area contributed by atoms with Crippen LogP contribution in [0.3, 0.4) is 0 Å². The van der Waals surface area contributed by atoms with Crippen molar-refractivity contribution in [2.75, 3.05) is 33.9 Å². The Morgan fingerprint density at radius 1 is 1.27 bits per heavy atom. The van der Waals surface area contributed by atoms with Gasteiger partial charge in [0.2, 0.25) is 0 Å². The van der Waals surface area contributed by atoms with Gasteiger partial charge in [0, 0.05) is 19.2 Å². The number of methoxy groups -OCH3 is 1. The normalized spacial score (nSPS) is 17.8. The molecule has 0 saturated heterocycles. The molecular weight excluding hydrogens is 188 g/mol. The van der Waals surface area contributed by atoms with Crippen LogP contribution in [0.4, 0.5) is 0 Å². The Labute approximate surface area is 95.2 Å². The van der Waals surface area contributed by atoms with E-state index in [1.165, 1.54) is 0 Å². The van der Waals surface area contributed by atoms with Crippen LogP contribution in [0.2, 0.25) is 0 Å². The Hall–Kier alpha value is -0.120. The molecule has 0 spiro atoms. The van der Waals surface area contributed by atoms with Crippen LogP contribution < -0.4 is 5.32 Å². The Balaban J connectivity index is 3.99. The summed E-state index contributed by atoms with van der Waals surface area (Å²) in [6.45, 7) is 11.9. The van der Waals surface area contributed by atoms with Crippen molar-refractivity contribution in [1.82, 2.24) is 10.2 Å². The zero-order chi connectivity index (χ0) is 11.8. The average Bonchev–Trinajstić information content (AvgIpc) is 2.24. The minimum absolute atomic E-state index is 0.481. The summed E-state index contributed by atoms with van der Waals surface area (Å²) in [6, 6.07) is 1.06. The van der Waals surface area contributed by atoms with E-state index in [0.717, 1.165) is 19.7 Å². The first kappa shape index (κ1) is 14.9. The Kier molecular flexibility index (Phi) is 8.02. The lowest BCUT2D eigenvalue weighted by Crippen LogP contribution is -2.44. The number of hydrogen-bond acceptors (Lipinski definition) is 3. The molecule has 0 heterocycles. The van der Waals surface area contributed by atoms with Gasteiger partial charge in [-0.15, -0.1) is 0 Å². The molecule has 1 N–H and O–H groups in total. The van der Waals surface area contributed by atoms with Crippen LogP contribution in [0, 0.1) is 5.92 Å². The lowest BCUT2D eigenvalue weighted by atomic mass is 10.0. The molecule has 0 aliphatic rings. The largest absolute Gasteiger partial charge is 0.383 e. The van der Waals surface area contributed by atoms with Crippen LogP contribution in [0.25, 0.3) is 0 Å². The van der Waals surface area contributed by atoms with E-state index in [9.17, 15) is 0 Å². The number of likely N-dealkylation sites (N-methyl/N-ethyl adjacent to an activating group) is 1. The SMILES string of the molecule is CCNCC(C)C(C)N(C)C(C)COC. The van der Waals surface area contributed by atoms with Gasteiger partial charge in [-0.2, -0.15) is 0 Å². The molecule has 15 heavy (non-hydrogen) atoms. The van der Waals surface area contributed by atoms with Crippen LogP contribution in [0.1, 0.15) is 27.7 Å². The summed E-state index contributed by atoms with van der Waals surface area (Å²) in [5.74, 6) is 0.661. The Morgan fingerprint density at radius 3 is 2.33 bits per heavy atom. The van der Waals surface area contributed by atoms with E-state index in [-0.39, 0.29) is 0 Å². The van der Waals surface area contributed by atoms with Crippen LogP contribution >= 0.6 is 0 Å². The fourth-order valence-corrected chi connectivity index (χ4v) is 1.70. The fourth-order valence-electron chi connectivity index (χ4n) is 1.70. The molecule has 3 unspecified atom stereocenters. The molecule has 0 bridgehead atoms. The van der Waals surface area contributed by atoms with Gasteiger partial charge < -0.3 is 10.1 Å². The molecule has 0 aromatic rings. The second-order valence-corrected chi connectivity index (χ2v) is 4.50. The summed E-state index contributed by atoms with van der Waals surface area (Å²) in [4.78, 5) is 2.39. The van der Waals surface area contributed by atoms with Crippen LogP contribution in [-0.4, -0.2) is 50.8 Å². The van der Waals surface area contributed by atoms with Crippen LogP contribution in [0.15, 0.2) is 0 Å². The van der Waals surface area contributed by atoms with Gasteiger partial charge in [0.25, 0.3) is 0 Å². The van der Waals surface area contributed by atoms with E-state index in [1.807, 2.05) is 0 Å². The maximum absolute atomic E-state index is 5.18. The van der Waals surface area contributed by atoms with Gasteiger partial charge in [-0.3, -0.25) is 4.90 Å².